The predicted octanol–water partition coefficient (Wildman–Crippen LogP) is 4.66. The molecule has 4 heteroatoms. The molecule has 1 spiro atoms. The summed E-state index contributed by atoms with van der Waals surface area (Å²) in [5.41, 5.74) is 6.73. The zero-order valence-electron chi connectivity index (χ0n) is 16.8. The minimum Gasteiger partial charge on any atom is -0.492 e. The number of likely N-dealkylation sites (tertiary alicyclic amines) is 1. The number of H-pyrrole nitrogens is 1. The minimum absolute atomic E-state index is 0.0660. The van der Waals surface area contributed by atoms with Crippen LogP contribution < -0.4 is 4.74 Å². The predicted molar refractivity (Wildman–Crippen MR) is 111 cm³/mol. The van der Waals surface area contributed by atoms with Gasteiger partial charge in [-0.05, 0) is 56.4 Å². The topological polar surface area (TPSA) is 45.3 Å². The largest absolute Gasteiger partial charge is 0.492 e. The third kappa shape index (κ3) is 2.40. The molecule has 144 valence electrons. The Labute approximate surface area is 165 Å². The summed E-state index contributed by atoms with van der Waals surface area (Å²) < 4.78 is 5.95. The van der Waals surface area contributed by atoms with Gasteiger partial charge in [0.05, 0.1) is 6.61 Å². The van der Waals surface area contributed by atoms with Gasteiger partial charge in [-0.15, -0.1) is 0 Å². The van der Waals surface area contributed by atoms with E-state index >= 15 is 0 Å². The third-order valence-electron chi connectivity index (χ3n) is 6.95. The van der Waals surface area contributed by atoms with Crippen molar-refractivity contribution in [2.75, 3.05) is 19.7 Å². The van der Waals surface area contributed by atoms with Gasteiger partial charge in [0.25, 0.3) is 5.91 Å². The van der Waals surface area contributed by atoms with Crippen LogP contribution in [-0.4, -0.2) is 35.5 Å². The van der Waals surface area contributed by atoms with E-state index in [1.807, 2.05) is 17.9 Å². The van der Waals surface area contributed by atoms with Gasteiger partial charge in [-0.1, -0.05) is 30.3 Å². The van der Waals surface area contributed by atoms with E-state index in [0.29, 0.717) is 0 Å². The van der Waals surface area contributed by atoms with Crippen LogP contribution in [-0.2, 0) is 5.41 Å². The summed E-state index contributed by atoms with van der Waals surface area (Å²) in [6.45, 7) is 8.54. The van der Waals surface area contributed by atoms with Crippen LogP contribution in [0.25, 0.3) is 10.9 Å². The fraction of sp³-hybridized carbons (Fsp3) is 0.375. The molecule has 0 unspecified atom stereocenters. The second kappa shape index (κ2) is 6.13. The first kappa shape index (κ1) is 17.4. The number of fused-ring (bicyclic) bond motifs is 3. The molecule has 0 saturated carbocycles. The molecular formula is C24H26N2O2. The molecule has 1 N–H and O–H groups in total. The summed E-state index contributed by atoms with van der Waals surface area (Å²) in [6.07, 6.45) is 1.90. The second-order valence-corrected chi connectivity index (χ2v) is 8.41. The fourth-order valence-electron chi connectivity index (χ4n) is 4.89. The summed E-state index contributed by atoms with van der Waals surface area (Å²) in [5, 5.41) is 1.15. The van der Waals surface area contributed by atoms with Crippen LogP contribution in [0.5, 0.6) is 5.75 Å². The highest BCUT2D eigenvalue weighted by Crippen LogP contribution is 2.45. The maximum absolute atomic E-state index is 13.3. The monoisotopic (exact) mass is 374 g/mol. The fourth-order valence-corrected chi connectivity index (χ4v) is 4.89. The first-order valence-corrected chi connectivity index (χ1v) is 10.1. The van der Waals surface area contributed by atoms with E-state index < -0.39 is 0 Å². The molecule has 0 aliphatic carbocycles. The van der Waals surface area contributed by atoms with E-state index in [1.165, 1.54) is 16.7 Å². The Morgan fingerprint density at radius 3 is 2.57 bits per heavy atom. The molecule has 2 aliphatic heterocycles. The number of benzene rings is 2. The standard InChI is InChI=1S/C24H26N2O2/c1-15-8-9-18-17(3)22(25-21(18)16(15)2)23(27)26-12-10-24(11-13-26)14-28-20-7-5-4-6-19(20)24/h4-9,25H,10-14H2,1-3H3. The Balaban J connectivity index is 1.41. The molecule has 5 rings (SSSR count). The number of amides is 1. The quantitative estimate of drug-likeness (QED) is 0.673. The molecule has 3 aromatic rings. The SMILES string of the molecule is Cc1ccc2c(C)c(C(=O)N3CCC4(CC3)COc3ccccc34)[nH]c2c1C. The van der Waals surface area contributed by atoms with E-state index in [-0.39, 0.29) is 11.3 Å². The molecule has 28 heavy (non-hydrogen) atoms. The normalized spacial score (nSPS) is 17.8. The molecular weight excluding hydrogens is 348 g/mol. The number of aromatic amines is 1. The molecule has 0 bridgehead atoms. The van der Waals surface area contributed by atoms with Crippen LogP contribution in [0, 0.1) is 20.8 Å². The minimum atomic E-state index is 0.0660. The van der Waals surface area contributed by atoms with Gasteiger partial charge in [0.15, 0.2) is 0 Å². The van der Waals surface area contributed by atoms with Gasteiger partial charge in [-0.25, -0.2) is 0 Å². The van der Waals surface area contributed by atoms with Gasteiger partial charge in [0.2, 0.25) is 0 Å². The summed E-state index contributed by atoms with van der Waals surface area (Å²) in [4.78, 5) is 18.7. The molecule has 0 atom stereocenters. The number of nitrogens with zero attached hydrogens (tertiary/aromatic N) is 1. The Morgan fingerprint density at radius 2 is 1.79 bits per heavy atom. The van der Waals surface area contributed by atoms with E-state index in [0.717, 1.165) is 60.4 Å². The van der Waals surface area contributed by atoms with Crippen molar-refractivity contribution in [3.8, 4) is 5.75 Å². The molecule has 0 radical (unpaired) electrons. The molecule has 2 aromatic carbocycles. The first-order chi connectivity index (χ1) is 13.5. The van der Waals surface area contributed by atoms with Crippen molar-refractivity contribution in [1.29, 1.82) is 0 Å². The van der Waals surface area contributed by atoms with Gasteiger partial charge in [-0.3, -0.25) is 4.79 Å². The smallest absolute Gasteiger partial charge is 0.270 e. The lowest BCUT2D eigenvalue weighted by Gasteiger charge is -2.38. The van der Waals surface area contributed by atoms with Gasteiger partial charge < -0.3 is 14.6 Å². The number of carbonyl (C=O) groups is 1. The summed E-state index contributed by atoms with van der Waals surface area (Å²) in [7, 11) is 0. The Kier molecular flexibility index (Phi) is 3.80. The van der Waals surface area contributed by atoms with E-state index in [4.69, 9.17) is 4.74 Å². The number of hydrogen-bond acceptors (Lipinski definition) is 2. The number of para-hydroxylation sites is 1. The molecule has 2 aliphatic rings. The van der Waals surface area contributed by atoms with Crippen LogP contribution >= 0.6 is 0 Å². The number of nitrogens with one attached hydrogen (secondary N) is 1. The van der Waals surface area contributed by atoms with Crippen molar-refractivity contribution in [3.63, 3.8) is 0 Å². The van der Waals surface area contributed by atoms with Gasteiger partial charge >= 0.3 is 0 Å². The van der Waals surface area contributed by atoms with Gasteiger partial charge in [-0.2, -0.15) is 0 Å². The second-order valence-electron chi connectivity index (χ2n) is 8.41. The maximum Gasteiger partial charge on any atom is 0.270 e. The molecule has 1 amide bonds. The van der Waals surface area contributed by atoms with E-state index in [9.17, 15) is 4.79 Å². The highest BCUT2D eigenvalue weighted by Gasteiger charge is 2.43. The first-order valence-electron chi connectivity index (χ1n) is 10.1. The van der Waals surface area contributed by atoms with Gasteiger partial charge in [0, 0.05) is 35.0 Å². The number of carbonyl (C=O) groups excluding carboxylic acids is 1. The zero-order chi connectivity index (χ0) is 19.5. The lowest BCUT2D eigenvalue weighted by atomic mass is 9.74. The Bertz CT molecular complexity index is 1090. The van der Waals surface area contributed by atoms with Crippen LogP contribution in [0.3, 0.4) is 0 Å². The van der Waals surface area contributed by atoms with Crippen LogP contribution in [0.2, 0.25) is 0 Å². The van der Waals surface area contributed by atoms with Crippen molar-refractivity contribution in [2.24, 2.45) is 0 Å². The van der Waals surface area contributed by atoms with Crippen molar-refractivity contribution in [3.05, 3.63) is 64.3 Å². The van der Waals surface area contributed by atoms with Crippen molar-refractivity contribution < 1.29 is 9.53 Å². The van der Waals surface area contributed by atoms with Crippen molar-refractivity contribution in [1.82, 2.24) is 9.88 Å². The maximum atomic E-state index is 13.3. The number of ether oxygens (including phenoxy) is 1. The molecule has 1 fully saturated rings. The van der Waals surface area contributed by atoms with Crippen LogP contribution in [0.4, 0.5) is 0 Å². The summed E-state index contributed by atoms with van der Waals surface area (Å²) in [6, 6.07) is 12.6. The summed E-state index contributed by atoms with van der Waals surface area (Å²) >= 11 is 0. The number of piperidine rings is 1. The Hall–Kier alpha value is -2.75. The zero-order valence-corrected chi connectivity index (χ0v) is 16.8. The number of aryl methyl sites for hydroxylation is 3. The Morgan fingerprint density at radius 1 is 1.04 bits per heavy atom. The lowest BCUT2D eigenvalue weighted by molar-refractivity contribution is 0.0641. The molecule has 1 saturated heterocycles. The average Bonchev–Trinajstić information content (AvgIpc) is 3.24. The molecule has 1 aromatic heterocycles. The lowest BCUT2D eigenvalue weighted by Crippen LogP contribution is -2.46. The van der Waals surface area contributed by atoms with E-state index in [1.54, 1.807) is 0 Å². The van der Waals surface area contributed by atoms with Crippen molar-refractivity contribution in [2.45, 2.75) is 39.0 Å². The average molecular weight is 374 g/mol. The van der Waals surface area contributed by atoms with Gasteiger partial charge in [0.1, 0.15) is 11.4 Å². The van der Waals surface area contributed by atoms with Crippen LogP contribution in [0.15, 0.2) is 36.4 Å². The summed E-state index contributed by atoms with van der Waals surface area (Å²) in [5.74, 6) is 1.13. The number of aromatic nitrogens is 1. The van der Waals surface area contributed by atoms with E-state index in [2.05, 4.69) is 49.2 Å². The molecule has 3 heterocycles. The number of hydrogen-bond donors (Lipinski definition) is 1. The van der Waals surface area contributed by atoms with Crippen molar-refractivity contribution >= 4 is 16.8 Å². The highest BCUT2D eigenvalue weighted by molar-refractivity contribution is 6.01. The number of rotatable bonds is 1. The highest BCUT2D eigenvalue weighted by atomic mass is 16.5. The molecule has 4 nitrogen and oxygen atoms in total. The van der Waals surface area contributed by atoms with Crippen LogP contribution in [0.1, 0.15) is 45.6 Å². The third-order valence-corrected chi connectivity index (χ3v) is 6.95.